The summed E-state index contributed by atoms with van der Waals surface area (Å²) in [6.07, 6.45) is 0. The Bertz CT molecular complexity index is 793. The van der Waals surface area contributed by atoms with Crippen LogP contribution in [0.25, 0.3) is 0 Å². The number of rotatable bonds is 6. The minimum absolute atomic E-state index is 0.00367. The standard InChI is InChI=1S/C20H30N4O4S/c1-2-21-18(25)16-22-8-10-24(11-9-22)20(26)19(17-6-4-3-5-7-17)23-12-14-29(27,28)15-13-23/h3-7,19H,2,8-16H2,1H3,(H,21,25). The van der Waals surface area contributed by atoms with E-state index in [-0.39, 0.29) is 23.3 Å². The molecule has 1 unspecified atom stereocenters. The van der Waals surface area contributed by atoms with Crippen LogP contribution < -0.4 is 5.32 Å². The van der Waals surface area contributed by atoms with Gasteiger partial charge in [-0.2, -0.15) is 0 Å². The van der Waals surface area contributed by atoms with E-state index in [1.54, 1.807) is 0 Å². The van der Waals surface area contributed by atoms with Crippen LogP contribution in [0.5, 0.6) is 0 Å². The number of carbonyl (C=O) groups excluding carboxylic acids is 2. The monoisotopic (exact) mass is 422 g/mol. The second-order valence-electron chi connectivity index (χ2n) is 7.56. The highest BCUT2D eigenvalue weighted by molar-refractivity contribution is 7.91. The van der Waals surface area contributed by atoms with Gasteiger partial charge in [0.2, 0.25) is 11.8 Å². The number of carbonyl (C=O) groups is 2. The van der Waals surface area contributed by atoms with Gasteiger partial charge < -0.3 is 10.2 Å². The molecule has 8 nitrogen and oxygen atoms in total. The third-order valence-corrected chi connectivity index (χ3v) is 7.13. The maximum absolute atomic E-state index is 13.4. The van der Waals surface area contributed by atoms with Crippen molar-refractivity contribution in [1.29, 1.82) is 0 Å². The Labute approximate surface area is 172 Å². The van der Waals surface area contributed by atoms with E-state index in [9.17, 15) is 18.0 Å². The van der Waals surface area contributed by atoms with Crippen LogP contribution in [0, 0.1) is 0 Å². The van der Waals surface area contributed by atoms with Crippen molar-refractivity contribution in [3.05, 3.63) is 35.9 Å². The number of nitrogens with one attached hydrogen (secondary N) is 1. The quantitative estimate of drug-likeness (QED) is 0.679. The third-order valence-electron chi connectivity index (χ3n) is 5.52. The van der Waals surface area contributed by atoms with Gasteiger partial charge in [-0.1, -0.05) is 30.3 Å². The summed E-state index contributed by atoms with van der Waals surface area (Å²) in [4.78, 5) is 31.1. The molecule has 3 rings (SSSR count). The van der Waals surface area contributed by atoms with Crippen LogP contribution in [0.1, 0.15) is 18.5 Å². The van der Waals surface area contributed by atoms with Crippen molar-refractivity contribution in [2.45, 2.75) is 13.0 Å². The van der Waals surface area contributed by atoms with Crippen molar-refractivity contribution in [2.24, 2.45) is 0 Å². The van der Waals surface area contributed by atoms with E-state index in [0.29, 0.717) is 52.4 Å². The number of benzene rings is 1. The van der Waals surface area contributed by atoms with Crippen LogP contribution in [-0.4, -0.2) is 98.8 Å². The average molecular weight is 423 g/mol. The molecule has 2 saturated heterocycles. The fourth-order valence-corrected chi connectivity index (χ4v) is 5.11. The smallest absolute Gasteiger partial charge is 0.244 e. The van der Waals surface area contributed by atoms with E-state index >= 15 is 0 Å². The highest BCUT2D eigenvalue weighted by atomic mass is 32.2. The number of hydrogen-bond donors (Lipinski definition) is 1. The zero-order valence-corrected chi connectivity index (χ0v) is 17.7. The van der Waals surface area contributed by atoms with Crippen LogP contribution in [-0.2, 0) is 19.4 Å². The molecule has 2 aliphatic rings. The first-order valence-corrected chi connectivity index (χ1v) is 12.0. The average Bonchev–Trinajstić information content (AvgIpc) is 2.71. The summed E-state index contributed by atoms with van der Waals surface area (Å²) in [6.45, 7) is 6.02. The van der Waals surface area contributed by atoms with Gasteiger partial charge in [0, 0.05) is 45.8 Å². The minimum atomic E-state index is -3.02. The highest BCUT2D eigenvalue weighted by Gasteiger charge is 2.35. The highest BCUT2D eigenvalue weighted by Crippen LogP contribution is 2.25. The lowest BCUT2D eigenvalue weighted by Gasteiger charge is -2.40. The number of sulfone groups is 1. The molecular weight excluding hydrogens is 392 g/mol. The molecule has 0 spiro atoms. The Balaban J connectivity index is 1.67. The Hall–Kier alpha value is -1.97. The van der Waals surface area contributed by atoms with Gasteiger partial charge >= 0.3 is 0 Å². The van der Waals surface area contributed by atoms with E-state index in [0.717, 1.165) is 5.56 Å². The fraction of sp³-hybridized carbons (Fsp3) is 0.600. The largest absolute Gasteiger partial charge is 0.355 e. The van der Waals surface area contributed by atoms with Crippen LogP contribution in [0.2, 0.25) is 0 Å². The summed E-state index contributed by atoms with van der Waals surface area (Å²) < 4.78 is 23.7. The lowest BCUT2D eigenvalue weighted by molar-refractivity contribution is -0.139. The first-order valence-electron chi connectivity index (χ1n) is 10.2. The molecule has 2 fully saturated rings. The normalized spacial score (nSPS) is 21.5. The Morgan fingerprint density at radius 3 is 2.21 bits per heavy atom. The summed E-state index contributed by atoms with van der Waals surface area (Å²) >= 11 is 0. The van der Waals surface area contributed by atoms with Gasteiger partial charge in [0.1, 0.15) is 6.04 Å². The number of nitrogens with zero attached hydrogens (tertiary/aromatic N) is 3. The molecule has 29 heavy (non-hydrogen) atoms. The van der Waals surface area contributed by atoms with Crippen molar-refractivity contribution in [2.75, 3.05) is 63.9 Å². The molecule has 1 aromatic carbocycles. The van der Waals surface area contributed by atoms with Gasteiger partial charge in [-0.05, 0) is 12.5 Å². The van der Waals surface area contributed by atoms with Gasteiger partial charge in [0.25, 0.3) is 0 Å². The lowest BCUT2D eigenvalue weighted by Crippen LogP contribution is -2.54. The number of hydrogen-bond acceptors (Lipinski definition) is 6. The molecule has 2 heterocycles. The summed E-state index contributed by atoms with van der Waals surface area (Å²) in [7, 11) is -3.02. The maximum Gasteiger partial charge on any atom is 0.244 e. The summed E-state index contributed by atoms with van der Waals surface area (Å²) in [6, 6.07) is 9.10. The molecule has 2 amide bonds. The Morgan fingerprint density at radius 2 is 1.62 bits per heavy atom. The van der Waals surface area contributed by atoms with Crippen molar-refractivity contribution in [1.82, 2.24) is 20.0 Å². The van der Waals surface area contributed by atoms with Crippen LogP contribution in [0.3, 0.4) is 0 Å². The van der Waals surface area contributed by atoms with Gasteiger partial charge in [-0.25, -0.2) is 8.42 Å². The number of piperazine rings is 1. The van der Waals surface area contributed by atoms with Gasteiger partial charge in [0.15, 0.2) is 9.84 Å². The summed E-state index contributed by atoms with van der Waals surface area (Å²) in [5, 5.41) is 2.80. The predicted molar refractivity (Wildman–Crippen MR) is 111 cm³/mol. The van der Waals surface area contributed by atoms with Crippen molar-refractivity contribution in [3.8, 4) is 0 Å². The first-order chi connectivity index (χ1) is 13.9. The molecule has 160 valence electrons. The topological polar surface area (TPSA) is 90.0 Å². The maximum atomic E-state index is 13.4. The zero-order valence-electron chi connectivity index (χ0n) is 16.9. The molecule has 1 atom stereocenters. The molecule has 2 aliphatic heterocycles. The second kappa shape index (κ2) is 9.69. The van der Waals surface area contributed by atoms with E-state index in [2.05, 4.69) is 10.2 Å². The lowest BCUT2D eigenvalue weighted by atomic mass is 10.0. The Kier molecular flexibility index (Phi) is 7.26. The molecule has 9 heteroatoms. The van der Waals surface area contributed by atoms with E-state index < -0.39 is 15.9 Å². The van der Waals surface area contributed by atoms with Crippen molar-refractivity contribution in [3.63, 3.8) is 0 Å². The van der Waals surface area contributed by atoms with Crippen LogP contribution in [0.4, 0.5) is 0 Å². The van der Waals surface area contributed by atoms with Crippen molar-refractivity contribution < 1.29 is 18.0 Å². The van der Waals surface area contributed by atoms with Crippen LogP contribution >= 0.6 is 0 Å². The first kappa shape index (κ1) is 21.7. The molecule has 0 radical (unpaired) electrons. The van der Waals surface area contributed by atoms with E-state index in [4.69, 9.17) is 0 Å². The van der Waals surface area contributed by atoms with Gasteiger partial charge in [-0.15, -0.1) is 0 Å². The fourth-order valence-electron chi connectivity index (χ4n) is 3.89. The second-order valence-corrected chi connectivity index (χ2v) is 9.86. The van der Waals surface area contributed by atoms with Crippen molar-refractivity contribution >= 4 is 21.7 Å². The van der Waals surface area contributed by atoms with Gasteiger partial charge in [-0.3, -0.25) is 19.4 Å². The third kappa shape index (κ3) is 5.77. The molecule has 1 aromatic rings. The molecular formula is C20H30N4O4S. The molecule has 0 aromatic heterocycles. The Morgan fingerprint density at radius 1 is 1.00 bits per heavy atom. The summed E-state index contributed by atoms with van der Waals surface area (Å²) in [5.74, 6) is 0.186. The molecule has 0 saturated carbocycles. The minimum Gasteiger partial charge on any atom is -0.355 e. The van der Waals surface area contributed by atoms with E-state index in [1.165, 1.54) is 0 Å². The van der Waals surface area contributed by atoms with E-state index in [1.807, 2.05) is 47.1 Å². The molecule has 0 aliphatic carbocycles. The SMILES string of the molecule is CCNC(=O)CN1CCN(C(=O)C(c2ccccc2)N2CCS(=O)(=O)CC2)CC1. The predicted octanol–water partition coefficient (Wildman–Crippen LogP) is -0.262. The molecule has 1 N–H and O–H groups in total. The molecule has 0 bridgehead atoms. The zero-order chi connectivity index (χ0) is 20.9. The van der Waals surface area contributed by atoms with Crippen LogP contribution in [0.15, 0.2) is 30.3 Å². The number of amides is 2. The number of likely N-dealkylation sites (N-methyl/N-ethyl adjacent to an activating group) is 1. The summed E-state index contributed by atoms with van der Waals surface area (Å²) in [5.41, 5.74) is 0.890. The van der Waals surface area contributed by atoms with Gasteiger partial charge in [0.05, 0.1) is 18.1 Å².